The van der Waals surface area contributed by atoms with Crippen molar-refractivity contribution in [2.75, 3.05) is 31.9 Å². The number of benzene rings is 1. The summed E-state index contributed by atoms with van der Waals surface area (Å²) in [7, 11) is 0. The molecule has 0 unspecified atom stereocenters. The Kier molecular flexibility index (Phi) is 4.93. The molecule has 2 N–H and O–H groups in total. The number of carbonyl (C=O) groups is 1. The molecule has 2 aromatic rings. The second kappa shape index (κ2) is 7.10. The van der Waals surface area contributed by atoms with Crippen molar-refractivity contribution in [3.05, 3.63) is 45.9 Å². The highest BCUT2D eigenvalue weighted by Crippen LogP contribution is 2.16. The maximum atomic E-state index is 12.4. The number of aromatic nitrogens is 1. The number of carbonyl (C=O) groups excluding carboxylic acids is 1. The Morgan fingerprint density at radius 3 is 2.52 bits per heavy atom. The largest absolute Gasteiger partial charge is 0.399 e. The summed E-state index contributed by atoms with van der Waals surface area (Å²) in [6, 6.07) is 7.54. The topological polar surface area (TPSA) is 62.5 Å². The van der Waals surface area contributed by atoms with Gasteiger partial charge < -0.3 is 10.6 Å². The minimum absolute atomic E-state index is 0.197. The number of nitrogen functional groups attached to an aromatic ring is 1. The zero-order valence-electron chi connectivity index (χ0n) is 13.4. The highest BCUT2D eigenvalue weighted by molar-refractivity contribution is 7.11. The molecule has 1 fully saturated rings. The first-order chi connectivity index (χ1) is 11.1. The number of amides is 1. The lowest BCUT2D eigenvalue weighted by Gasteiger charge is -2.34. The molecule has 1 amide bonds. The summed E-state index contributed by atoms with van der Waals surface area (Å²) < 4.78 is 0. The van der Waals surface area contributed by atoms with Gasteiger partial charge in [-0.05, 0) is 24.6 Å². The van der Waals surface area contributed by atoms with Gasteiger partial charge in [-0.3, -0.25) is 9.69 Å². The average molecular weight is 330 g/mol. The Bertz CT molecular complexity index is 659. The van der Waals surface area contributed by atoms with E-state index in [2.05, 4.69) is 9.88 Å². The van der Waals surface area contributed by atoms with E-state index in [9.17, 15) is 4.79 Å². The van der Waals surface area contributed by atoms with Gasteiger partial charge in [-0.1, -0.05) is 12.1 Å². The number of hydrogen-bond acceptors (Lipinski definition) is 5. The molecule has 1 aliphatic rings. The number of nitrogens with zero attached hydrogens (tertiary/aromatic N) is 3. The molecule has 122 valence electrons. The van der Waals surface area contributed by atoms with Gasteiger partial charge in [-0.15, -0.1) is 11.3 Å². The summed E-state index contributed by atoms with van der Waals surface area (Å²) in [5.41, 5.74) is 7.43. The quantitative estimate of drug-likeness (QED) is 0.870. The van der Waals surface area contributed by atoms with Crippen molar-refractivity contribution >= 4 is 22.9 Å². The summed E-state index contributed by atoms with van der Waals surface area (Å²) in [6.45, 7) is 6.40. The lowest BCUT2D eigenvalue weighted by molar-refractivity contribution is -0.132. The van der Waals surface area contributed by atoms with E-state index in [1.165, 1.54) is 4.88 Å². The number of aryl methyl sites for hydroxylation is 1. The molecule has 0 bridgehead atoms. The van der Waals surface area contributed by atoms with Crippen molar-refractivity contribution in [1.29, 1.82) is 0 Å². The van der Waals surface area contributed by atoms with E-state index in [-0.39, 0.29) is 5.91 Å². The van der Waals surface area contributed by atoms with Crippen molar-refractivity contribution in [3.63, 3.8) is 0 Å². The molecule has 5 nitrogen and oxygen atoms in total. The minimum atomic E-state index is 0.197. The van der Waals surface area contributed by atoms with E-state index in [0.29, 0.717) is 6.42 Å². The third kappa shape index (κ3) is 4.30. The van der Waals surface area contributed by atoms with E-state index in [4.69, 9.17) is 5.73 Å². The van der Waals surface area contributed by atoms with E-state index in [1.807, 2.05) is 42.3 Å². The standard InChI is InChI=1S/C17H22N4OS/c1-13-19-11-16(23-13)12-20-6-8-21(9-7-20)17(22)10-14-2-4-15(18)5-3-14/h2-5,11H,6-10,12,18H2,1H3. The average Bonchev–Trinajstić information content (AvgIpc) is 2.95. The number of piperazine rings is 1. The van der Waals surface area contributed by atoms with Crippen LogP contribution in [-0.2, 0) is 17.8 Å². The van der Waals surface area contributed by atoms with Gasteiger partial charge in [-0.25, -0.2) is 4.98 Å². The van der Waals surface area contributed by atoms with Crippen LogP contribution in [0.25, 0.3) is 0 Å². The molecule has 6 heteroatoms. The lowest BCUT2D eigenvalue weighted by atomic mass is 10.1. The van der Waals surface area contributed by atoms with Crippen molar-refractivity contribution < 1.29 is 4.79 Å². The van der Waals surface area contributed by atoms with Crippen LogP contribution in [0, 0.1) is 6.92 Å². The molecular formula is C17H22N4OS. The van der Waals surface area contributed by atoms with Gasteiger partial charge in [-0.2, -0.15) is 0 Å². The summed E-state index contributed by atoms with van der Waals surface area (Å²) in [6.07, 6.45) is 2.41. The number of rotatable bonds is 4. The zero-order valence-corrected chi connectivity index (χ0v) is 14.2. The lowest BCUT2D eigenvalue weighted by Crippen LogP contribution is -2.48. The molecule has 1 aromatic heterocycles. The van der Waals surface area contributed by atoms with Gasteiger partial charge in [0.2, 0.25) is 5.91 Å². The molecule has 1 aromatic carbocycles. The van der Waals surface area contributed by atoms with E-state index in [1.54, 1.807) is 11.3 Å². The van der Waals surface area contributed by atoms with Gasteiger partial charge in [0.25, 0.3) is 0 Å². The van der Waals surface area contributed by atoms with Gasteiger partial charge in [0, 0.05) is 49.5 Å². The first kappa shape index (κ1) is 16.0. The smallest absolute Gasteiger partial charge is 0.227 e. The first-order valence-corrected chi connectivity index (χ1v) is 8.67. The number of nitrogens with two attached hydrogens (primary N) is 1. The molecule has 0 aliphatic carbocycles. The maximum absolute atomic E-state index is 12.4. The van der Waals surface area contributed by atoms with Gasteiger partial charge in [0.1, 0.15) is 0 Å². The van der Waals surface area contributed by atoms with Crippen LogP contribution >= 0.6 is 11.3 Å². The predicted octanol–water partition coefficient (Wildman–Crippen LogP) is 1.92. The highest BCUT2D eigenvalue weighted by Gasteiger charge is 2.21. The Morgan fingerprint density at radius 2 is 1.91 bits per heavy atom. The number of thiazole rings is 1. The summed E-state index contributed by atoms with van der Waals surface area (Å²) in [5, 5.41) is 1.11. The molecule has 0 atom stereocenters. The Hall–Kier alpha value is -1.92. The van der Waals surface area contributed by atoms with Crippen LogP contribution in [0.1, 0.15) is 15.4 Å². The third-order valence-electron chi connectivity index (χ3n) is 4.11. The second-order valence-electron chi connectivity index (χ2n) is 5.92. The van der Waals surface area contributed by atoms with Crippen LogP contribution in [0.3, 0.4) is 0 Å². The fraction of sp³-hybridized carbons (Fsp3) is 0.412. The molecule has 3 rings (SSSR count). The molecule has 0 radical (unpaired) electrons. The molecular weight excluding hydrogens is 308 g/mol. The maximum Gasteiger partial charge on any atom is 0.227 e. The summed E-state index contributed by atoms with van der Waals surface area (Å²) in [4.78, 5) is 22.3. The van der Waals surface area contributed by atoms with Gasteiger partial charge in [0.15, 0.2) is 0 Å². The summed E-state index contributed by atoms with van der Waals surface area (Å²) >= 11 is 1.75. The fourth-order valence-electron chi connectivity index (χ4n) is 2.78. The van der Waals surface area contributed by atoms with Crippen LogP contribution in [0.5, 0.6) is 0 Å². The van der Waals surface area contributed by atoms with Crippen molar-refractivity contribution in [1.82, 2.24) is 14.8 Å². The Balaban J connectivity index is 1.48. The van der Waals surface area contributed by atoms with Gasteiger partial charge >= 0.3 is 0 Å². The molecule has 23 heavy (non-hydrogen) atoms. The van der Waals surface area contributed by atoms with Crippen molar-refractivity contribution in [3.8, 4) is 0 Å². The number of hydrogen-bond donors (Lipinski definition) is 1. The van der Waals surface area contributed by atoms with E-state index >= 15 is 0 Å². The van der Waals surface area contributed by atoms with Crippen molar-refractivity contribution in [2.24, 2.45) is 0 Å². The Labute approximate surface area is 140 Å². The van der Waals surface area contributed by atoms with E-state index in [0.717, 1.165) is 49.0 Å². The molecule has 1 aliphatic heterocycles. The van der Waals surface area contributed by atoms with Crippen molar-refractivity contribution in [2.45, 2.75) is 19.9 Å². The zero-order chi connectivity index (χ0) is 16.2. The van der Waals surface area contributed by atoms with Crippen LogP contribution in [0.4, 0.5) is 5.69 Å². The molecule has 0 saturated carbocycles. The minimum Gasteiger partial charge on any atom is -0.399 e. The molecule has 1 saturated heterocycles. The predicted molar refractivity (Wildman–Crippen MR) is 93.3 cm³/mol. The number of anilines is 1. The van der Waals surface area contributed by atoms with Crippen LogP contribution in [0.15, 0.2) is 30.5 Å². The molecule has 2 heterocycles. The third-order valence-corrected chi connectivity index (χ3v) is 5.01. The highest BCUT2D eigenvalue weighted by atomic mass is 32.1. The van der Waals surface area contributed by atoms with Crippen LogP contribution < -0.4 is 5.73 Å². The Morgan fingerprint density at radius 1 is 1.22 bits per heavy atom. The summed E-state index contributed by atoms with van der Waals surface area (Å²) in [5.74, 6) is 0.197. The first-order valence-electron chi connectivity index (χ1n) is 7.86. The monoisotopic (exact) mass is 330 g/mol. The van der Waals surface area contributed by atoms with Crippen LogP contribution in [0.2, 0.25) is 0 Å². The SMILES string of the molecule is Cc1ncc(CN2CCN(C(=O)Cc3ccc(N)cc3)CC2)s1. The normalized spacial score (nSPS) is 15.8. The second-order valence-corrected chi connectivity index (χ2v) is 7.24. The van der Waals surface area contributed by atoms with Crippen LogP contribution in [-0.4, -0.2) is 46.9 Å². The van der Waals surface area contributed by atoms with E-state index < -0.39 is 0 Å². The fourth-order valence-corrected chi connectivity index (χ4v) is 3.61. The molecule has 0 spiro atoms. The van der Waals surface area contributed by atoms with Gasteiger partial charge in [0.05, 0.1) is 11.4 Å².